The maximum absolute atomic E-state index is 12.0. The van der Waals surface area contributed by atoms with Crippen LogP contribution in [0.15, 0.2) is 28.9 Å². The minimum absolute atomic E-state index is 0.181. The average molecular weight is 326 g/mol. The Balaban J connectivity index is 2.05. The van der Waals surface area contributed by atoms with Crippen molar-refractivity contribution in [3.63, 3.8) is 0 Å². The van der Waals surface area contributed by atoms with Crippen LogP contribution >= 0.6 is 27.3 Å². The molecule has 0 aliphatic heterocycles. The van der Waals surface area contributed by atoms with Gasteiger partial charge in [0.2, 0.25) is 0 Å². The quantitative estimate of drug-likeness (QED) is 0.852. The maximum atomic E-state index is 12.0. The van der Waals surface area contributed by atoms with Crippen LogP contribution in [0.3, 0.4) is 0 Å². The Kier molecular flexibility index (Phi) is 3.98. The van der Waals surface area contributed by atoms with Crippen molar-refractivity contribution in [2.24, 2.45) is 0 Å². The zero-order valence-corrected chi connectivity index (χ0v) is 12.1. The fourth-order valence-electron chi connectivity index (χ4n) is 1.47. The van der Waals surface area contributed by atoms with Gasteiger partial charge in [-0.15, -0.1) is 11.3 Å². The number of nitrogens with zero attached hydrogens (tertiary/aromatic N) is 1. The molecule has 3 N–H and O–H groups in total. The van der Waals surface area contributed by atoms with Gasteiger partial charge in [-0.25, -0.2) is 4.98 Å². The van der Waals surface area contributed by atoms with Crippen LogP contribution in [0.2, 0.25) is 0 Å². The topological polar surface area (TPSA) is 68.0 Å². The average Bonchev–Trinajstić information content (AvgIpc) is 2.75. The number of nitrogens with one attached hydrogen (secondary N) is 1. The van der Waals surface area contributed by atoms with Crippen molar-refractivity contribution in [1.82, 2.24) is 10.3 Å². The molecule has 2 aromatic rings. The summed E-state index contributed by atoms with van der Waals surface area (Å²) in [6, 6.07) is 5.22. The molecule has 0 aliphatic carbocycles. The molecular formula is C12H12BrN3OS. The van der Waals surface area contributed by atoms with Gasteiger partial charge >= 0.3 is 0 Å². The van der Waals surface area contributed by atoms with Crippen molar-refractivity contribution in [2.45, 2.75) is 13.5 Å². The lowest BCUT2D eigenvalue weighted by atomic mass is 10.1. The lowest BCUT2D eigenvalue weighted by molar-refractivity contribution is 0.0952. The summed E-state index contributed by atoms with van der Waals surface area (Å²) in [6.07, 6.45) is 1.77. The predicted octanol–water partition coefficient (Wildman–Crippen LogP) is 2.73. The number of halogens is 1. The molecule has 2 rings (SSSR count). The maximum Gasteiger partial charge on any atom is 0.253 e. The Morgan fingerprint density at radius 2 is 2.33 bits per heavy atom. The second-order valence-corrected chi connectivity index (χ2v) is 5.99. The molecule has 1 aromatic heterocycles. The number of anilines is 1. The van der Waals surface area contributed by atoms with Crippen molar-refractivity contribution < 1.29 is 4.79 Å². The van der Waals surface area contributed by atoms with Crippen LogP contribution in [-0.4, -0.2) is 10.9 Å². The van der Waals surface area contributed by atoms with E-state index in [1.54, 1.807) is 35.7 Å². The minimum Gasteiger partial charge on any atom is -0.398 e. The molecular weight excluding hydrogens is 314 g/mol. The summed E-state index contributed by atoms with van der Waals surface area (Å²) in [5.41, 5.74) is 6.72. The van der Waals surface area contributed by atoms with Crippen molar-refractivity contribution in [3.8, 4) is 0 Å². The second-order valence-electron chi connectivity index (χ2n) is 3.76. The minimum atomic E-state index is -0.181. The summed E-state index contributed by atoms with van der Waals surface area (Å²) >= 11 is 4.89. The lowest BCUT2D eigenvalue weighted by Crippen LogP contribution is -2.23. The van der Waals surface area contributed by atoms with Gasteiger partial charge in [0, 0.05) is 21.2 Å². The Hall–Kier alpha value is -1.40. The van der Waals surface area contributed by atoms with Gasteiger partial charge in [-0.1, -0.05) is 15.9 Å². The molecule has 0 saturated carbocycles. The zero-order chi connectivity index (χ0) is 13.1. The molecule has 0 bridgehead atoms. The number of carbonyl (C=O) groups excluding carboxylic acids is 1. The number of hydrogen-bond donors (Lipinski definition) is 2. The van der Waals surface area contributed by atoms with E-state index in [2.05, 4.69) is 26.2 Å². The van der Waals surface area contributed by atoms with Gasteiger partial charge in [-0.3, -0.25) is 4.79 Å². The molecule has 94 valence electrons. The van der Waals surface area contributed by atoms with Gasteiger partial charge < -0.3 is 11.1 Å². The monoisotopic (exact) mass is 325 g/mol. The van der Waals surface area contributed by atoms with Gasteiger partial charge in [0.1, 0.15) is 0 Å². The van der Waals surface area contributed by atoms with E-state index in [1.165, 1.54) is 0 Å². The number of carbonyl (C=O) groups is 1. The number of nitrogen functional groups attached to an aromatic ring is 1. The van der Waals surface area contributed by atoms with Gasteiger partial charge in [-0.05, 0) is 25.1 Å². The van der Waals surface area contributed by atoms with Gasteiger partial charge in [0.15, 0.2) is 0 Å². The standard InChI is InChI=1S/C12H12BrN3OS/c1-7-15-5-9(18-7)6-16-12(17)10-4-8(13)2-3-11(10)14/h2-5H,6,14H2,1H3,(H,16,17). The normalized spacial score (nSPS) is 10.3. The Bertz CT molecular complexity index is 582. The molecule has 1 aromatic carbocycles. The number of thiazole rings is 1. The van der Waals surface area contributed by atoms with Gasteiger partial charge in [0.05, 0.1) is 17.1 Å². The number of rotatable bonds is 3. The van der Waals surface area contributed by atoms with E-state index < -0.39 is 0 Å². The Labute approximate surface area is 117 Å². The number of aromatic nitrogens is 1. The van der Waals surface area contributed by atoms with E-state index in [1.807, 2.05) is 6.92 Å². The van der Waals surface area contributed by atoms with Gasteiger partial charge in [-0.2, -0.15) is 0 Å². The van der Waals surface area contributed by atoms with E-state index in [4.69, 9.17) is 5.73 Å². The first-order valence-electron chi connectivity index (χ1n) is 5.31. The van der Waals surface area contributed by atoms with Crippen molar-refractivity contribution in [1.29, 1.82) is 0 Å². The lowest BCUT2D eigenvalue weighted by Gasteiger charge is -2.06. The molecule has 0 aliphatic rings. The van der Waals surface area contributed by atoms with E-state index in [-0.39, 0.29) is 5.91 Å². The molecule has 0 fully saturated rings. The van der Waals surface area contributed by atoms with Gasteiger partial charge in [0.25, 0.3) is 5.91 Å². The molecule has 0 saturated heterocycles. The van der Waals surface area contributed by atoms with Crippen LogP contribution in [-0.2, 0) is 6.54 Å². The van der Waals surface area contributed by atoms with Crippen molar-refractivity contribution in [3.05, 3.63) is 44.3 Å². The molecule has 0 radical (unpaired) electrons. The highest BCUT2D eigenvalue weighted by molar-refractivity contribution is 9.10. The van der Waals surface area contributed by atoms with Crippen LogP contribution in [0.25, 0.3) is 0 Å². The highest BCUT2D eigenvalue weighted by Gasteiger charge is 2.10. The Morgan fingerprint density at radius 1 is 1.56 bits per heavy atom. The highest BCUT2D eigenvalue weighted by Crippen LogP contribution is 2.18. The fraction of sp³-hybridized carbons (Fsp3) is 0.167. The van der Waals surface area contributed by atoms with Crippen molar-refractivity contribution in [2.75, 3.05) is 5.73 Å². The fourth-order valence-corrected chi connectivity index (χ4v) is 2.57. The number of aryl methyl sites for hydroxylation is 1. The molecule has 6 heteroatoms. The summed E-state index contributed by atoms with van der Waals surface area (Å²) in [6.45, 7) is 2.40. The molecule has 0 spiro atoms. The van der Waals surface area contributed by atoms with E-state index in [0.717, 1.165) is 14.4 Å². The van der Waals surface area contributed by atoms with Crippen LogP contribution < -0.4 is 11.1 Å². The first-order valence-corrected chi connectivity index (χ1v) is 6.92. The van der Waals surface area contributed by atoms with E-state index in [0.29, 0.717) is 17.8 Å². The molecule has 0 unspecified atom stereocenters. The number of benzene rings is 1. The zero-order valence-electron chi connectivity index (χ0n) is 9.74. The molecule has 1 amide bonds. The van der Waals surface area contributed by atoms with Crippen LogP contribution in [0.5, 0.6) is 0 Å². The number of amides is 1. The SMILES string of the molecule is Cc1ncc(CNC(=O)c2cc(Br)ccc2N)s1. The molecule has 18 heavy (non-hydrogen) atoms. The van der Waals surface area contributed by atoms with Crippen molar-refractivity contribution >= 4 is 38.9 Å². The molecule has 4 nitrogen and oxygen atoms in total. The number of hydrogen-bond acceptors (Lipinski definition) is 4. The highest BCUT2D eigenvalue weighted by atomic mass is 79.9. The summed E-state index contributed by atoms with van der Waals surface area (Å²) in [5.74, 6) is -0.181. The largest absolute Gasteiger partial charge is 0.398 e. The third-order valence-electron chi connectivity index (χ3n) is 2.35. The third kappa shape index (κ3) is 3.08. The summed E-state index contributed by atoms with van der Waals surface area (Å²) in [7, 11) is 0. The predicted molar refractivity (Wildman–Crippen MR) is 76.6 cm³/mol. The van der Waals surface area contributed by atoms with Crippen LogP contribution in [0, 0.1) is 6.92 Å². The molecule has 1 heterocycles. The smallest absolute Gasteiger partial charge is 0.253 e. The number of nitrogens with two attached hydrogens (primary N) is 1. The first kappa shape index (κ1) is 13.0. The van der Waals surface area contributed by atoms with Crippen LogP contribution in [0.1, 0.15) is 20.2 Å². The molecule has 0 atom stereocenters. The Morgan fingerprint density at radius 3 is 3.00 bits per heavy atom. The third-order valence-corrected chi connectivity index (χ3v) is 3.76. The van der Waals surface area contributed by atoms with Crippen LogP contribution in [0.4, 0.5) is 5.69 Å². The summed E-state index contributed by atoms with van der Waals surface area (Å²) in [4.78, 5) is 17.1. The van der Waals surface area contributed by atoms with E-state index >= 15 is 0 Å². The summed E-state index contributed by atoms with van der Waals surface area (Å²) < 4.78 is 0.829. The second kappa shape index (κ2) is 5.49. The van der Waals surface area contributed by atoms with E-state index in [9.17, 15) is 4.79 Å². The summed E-state index contributed by atoms with van der Waals surface area (Å²) in [5, 5.41) is 3.81. The first-order chi connectivity index (χ1) is 8.56.